The minimum Gasteiger partial charge on any atom is -0.508 e. The molecule has 0 amide bonds. The summed E-state index contributed by atoms with van der Waals surface area (Å²) in [5.41, 5.74) is -1.01. The second-order valence-electron chi connectivity index (χ2n) is 5.06. The molecule has 2 rings (SSSR count). The summed E-state index contributed by atoms with van der Waals surface area (Å²) in [7, 11) is 0. The van der Waals surface area contributed by atoms with Gasteiger partial charge in [-0.1, -0.05) is 0 Å². The topological polar surface area (TPSA) is 160 Å². The molecule has 0 aliphatic carbocycles. The second-order valence-corrected chi connectivity index (χ2v) is 5.06. The van der Waals surface area contributed by atoms with E-state index < -0.39 is 23.5 Å². The van der Waals surface area contributed by atoms with Crippen molar-refractivity contribution in [2.45, 2.75) is 0 Å². The van der Waals surface area contributed by atoms with Crippen LogP contribution in [-0.4, -0.2) is 51.5 Å². The molecular formula is C17H14O10. The van der Waals surface area contributed by atoms with Crippen molar-refractivity contribution < 1.29 is 49.3 Å². The van der Waals surface area contributed by atoms with Crippen LogP contribution in [0.1, 0.15) is 31.1 Å². The van der Waals surface area contributed by atoms with Gasteiger partial charge in [0.25, 0.3) is 0 Å². The van der Waals surface area contributed by atoms with E-state index in [0.29, 0.717) is 0 Å². The summed E-state index contributed by atoms with van der Waals surface area (Å²) >= 11 is 0. The van der Waals surface area contributed by atoms with Crippen molar-refractivity contribution in [3.8, 4) is 17.2 Å². The van der Waals surface area contributed by atoms with Crippen molar-refractivity contribution in [3.05, 3.63) is 53.1 Å². The standard InChI is InChI=1S/C17H14O10/c18-9-1-3-11(12(7-9)15(20)21)17(24)25-5-6-26-27-14-4-2-10(19)8-13(14)16(22)23/h1-4,7-8,18-19H,5-6H2,(H,20,21)(H,22,23). The third-order valence-corrected chi connectivity index (χ3v) is 3.20. The van der Waals surface area contributed by atoms with Gasteiger partial charge in [-0.05, 0) is 36.4 Å². The number of phenols is 2. The molecule has 0 aromatic heterocycles. The number of phenolic OH excluding ortho intramolecular Hbond substituents is 2. The molecule has 10 nitrogen and oxygen atoms in total. The van der Waals surface area contributed by atoms with E-state index in [1.807, 2.05) is 0 Å². The number of aromatic carboxylic acids is 2. The van der Waals surface area contributed by atoms with Crippen molar-refractivity contribution in [1.29, 1.82) is 0 Å². The molecule has 2 aromatic rings. The zero-order valence-corrected chi connectivity index (χ0v) is 13.6. The summed E-state index contributed by atoms with van der Waals surface area (Å²) in [5.74, 6) is -4.46. The molecule has 142 valence electrons. The lowest BCUT2D eigenvalue weighted by Crippen LogP contribution is -2.15. The van der Waals surface area contributed by atoms with Gasteiger partial charge >= 0.3 is 17.9 Å². The Balaban J connectivity index is 1.89. The number of benzene rings is 2. The number of carbonyl (C=O) groups excluding carboxylic acids is 1. The maximum atomic E-state index is 11.9. The van der Waals surface area contributed by atoms with Crippen molar-refractivity contribution in [2.24, 2.45) is 0 Å². The van der Waals surface area contributed by atoms with Crippen LogP contribution in [0.4, 0.5) is 0 Å². The van der Waals surface area contributed by atoms with Gasteiger partial charge in [-0.15, -0.1) is 0 Å². The van der Waals surface area contributed by atoms with Crippen molar-refractivity contribution >= 4 is 17.9 Å². The average Bonchev–Trinajstić information content (AvgIpc) is 2.61. The molecule has 2 aromatic carbocycles. The summed E-state index contributed by atoms with van der Waals surface area (Å²) in [6.45, 7) is -0.606. The van der Waals surface area contributed by atoms with E-state index in [4.69, 9.17) is 24.7 Å². The summed E-state index contributed by atoms with van der Waals surface area (Å²) in [4.78, 5) is 43.6. The highest BCUT2D eigenvalue weighted by Gasteiger charge is 2.18. The number of hydrogen-bond donors (Lipinski definition) is 4. The van der Waals surface area contributed by atoms with Crippen LogP contribution in [0.15, 0.2) is 36.4 Å². The fourth-order valence-corrected chi connectivity index (χ4v) is 2.00. The number of hydrogen-bond acceptors (Lipinski definition) is 8. The number of ether oxygens (including phenoxy) is 1. The Morgan fingerprint density at radius 2 is 1.37 bits per heavy atom. The van der Waals surface area contributed by atoms with Crippen LogP contribution in [0.3, 0.4) is 0 Å². The van der Waals surface area contributed by atoms with Crippen LogP contribution in [0.5, 0.6) is 17.2 Å². The van der Waals surface area contributed by atoms with Crippen molar-refractivity contribution in [2.75, 3.05) is 13.2 Å². The molecule has 0 fully saturated rings. The predicted octanol–water partition coefficient (Wildman–Crippen LogP) is 1.66. The number of esters is 1. The van der Waals surface area contributed by atoms with E-state index in [0.717, 1.165) is 24.3 Å². The Labute approximate surface area is 151 Å². The highest BCUT2D eigenvalue weighted by Crippen LogP contribution is 2.23. The van der Waals surface area contributed by atoms with Gasteiger partial charge in [-0.2, -0.15) is 4.89 Å². The van der Waals surface area contributed by atoms with Crippen LogP contribution in [0.25, 0.3) is 0 Å². The maximum absolute atomic E-state index is 11.9. The van der Waals surface area contributed by atoms with Crippen LogP contribution in [-0.2, 0) is 9.62 Å². The van der Waals surface area contributed by atoms with Gasteiger partial charge in [0.05, 0.1) is 11.1 Å². The van der Waals surface area contributed by atoms with E-state index in [1.54, 1.807) is 0 Å². The Bertz CT molecular complexity index is 874. The van der Waals surface area contributed by atoms with Crippen molar-refractivity contribution in [1.82, 2.24) is 0 Å². The molecule has 0 bridgehead atoms. The Morgan fingerprint density at radius 1 is 0.778 bits per heavy atom. The molecule has 0 aliphatic heterocycles. The summed E-state index contributed by atoms with van der Waals surface area (Å²) in [5, 5.41) is 36.6. The lowest BCUT2D eigenvalue weighted by Gasteiger charge is -2.09. The smallest absolute Gasteiger partial charge is 0.339 e. The maximum Gasteiger partial charge on any atom is 0.339 e. The number of carboxylic acids is 2. The summed E-state index contributed by atoms with van der Waals surface area (Å²) in [6.07, 6.45) is 0. The van der Waals surface area contributed by atoms with E-state index in [1.165, 1.54) is 12.1 Å². The van der Waals surface area contributed by atoms with Crippen LogP contribution >= 0.6 is 0 Å². The summed E-state index contributed by atoms with van der Waals surface area (Å²) in [6, 6.07) is 6.51. The molecule has 0 spiro atoms. The quantitative estimate of drug-likeness (QED) is 0.230. The van der Waals surface area contributed by atoms with Gasteiger partial charge < -0.3 is 30.1 Å². The molecule has 0 aliphatic rings. The fraction of sp³-hybridized carbons (Fsp3) is 0.118. The SMILES string of the molecule is O=C(O)c1cc(O)ccc1OOCCOC(=O)c1ccc(O)cc1C(=O)O. The Kier molecular flexibility index (Phi) is 6.18. The molecular weight excluding hydrogens is 364 g/mol. The second kappa shape index (κ2) is 8.54. The fourth-order valence-electron chi connectivity index (χ4n) is 2.00. The molecule has 10 heteroatoms. The number of rotatable bonds is 8. The zero-order valence-electron chi connectivity index (χ0n) is 13.6. The molecule has 0 radical (unpaired) electrons. The molecule has 0 saturated carbocycles. The average molecular weight is 378 g/mol. The largest absolute Gasteiger partial charge is 0.508 e. The van der Waals surface area contributed by atoms with Gasteiger partial charge in [0.1, 0.15) is 30.3 Å². The van der Waals surface area contributed by atoms with Gasteiger partial charge in [-0.3, -0.25) is 0 Å². The highest BCUT2D eigenvalue weighted by atomic mass is 17.2. The lowest BCUT2D eigenvalue weighted by molar-refractivity contribution is -0.212. The van der Waals surface area contributed by atoms with Gasteiger partial charge in [0, 0.05) is 0 Å². The number of carbonyl (C=O) groups is 3. The number of aromatic hydroxyl groups is 2. The van der Waals surface area contributed by atoms with Crippen molar-refractivity contribution in [3.63, 3.8) is 0 Å². The lowest BCUT2D eigenvalue weighted by atomic mass is 10.1. The van der Waals surface area contributed by atoms with E-state index in [2.05, 4.69) is 0 Å². The first kappa shape index (κ1) is 19.5. The Hall–Kier alpha value is -3.79. The molecule has 27 heavy (non-hydrogen) atoms. The highest BCUT2D eigenvalue weighted by molar-refractivity contribution is 6.02. The molecule has 0 atom stereocenters. The monoisotopic (exact) mass is 378 g/mol. The molecule has 4 N–H and O–H groups in total. The first-order valence-corrected chi connectivity index (χ1v) is 7.39. The third kappa shape index (κ3) is 5.09. The van der Waals surface area contributed by atoms with Crippen LogP contribution in [0, 0.1) is 0 Å². The van der Waals surface area contributed by atoms with Crippen LogP contribution in [0.2, 0.25) is 0 Å². The van der Waals surface area contributed by atoms with Gasteiger partial charge in [-0.25, -0.2) is 14.4 Å². The number of carboxylic acid groups (broad SMARTS) is 2. The first-order chi connectivity index (χ1) is 12.8. The van der Waals surface area contributed by atoms with E-state index >= 15 is 0 Å². The van der Waals surface area contributed by atoms with Gasteiger partial charge in [0.15, 0.2) is 5.75 Å². The van der Waals surface area contributed by atoms with Crippen LogP contribution < -0.4 is 4.89 Å². The predicted molar refractivity (Wildman–Crippen MR) is 87.0 cm³/mol. The molecule has 0 saturated heterocycles. The third-order valence-electron chi connectivity index (χ3n) is 3.20. The Morgan fingerprint density at radius 3 is 2.00 bits per heavy atom. The summed E-state index contributed by atoms with van der Waals surface area (Å²) < 4.78 is 4.85. The minimum atomic E-state index is -1.41. The van der Waals surface area contributed by atoms with E-state index in [-0.39, 0.29) is 41.6 Å². The minimum absolute atomic E-state index is 0.168. The first-order valence-electron chi connectivity index (χ1n) is 7.39. The van der Waals surface area contributed by atoms with Gasteiger partial charge in [0.2, 0.25) is 0 Å². The zero-order chi connectivity index (χ0) is 20.0. The normalized spacial score (nSPS) is 10.2. The molecule has 0 heterocycles. The van der Waals surface area contributed by atoms with E-state index in [9.17, 15) is 24.6 Å². The molecule has 0 unspecified atom stereocenters.